The third kappa shape index (κ3) is 58.5. The first-order chi connectivity index (χ1) is 8.83. The lowest BCUT2D eigenvalue weighted by atomic mass is 10.0. The van der Waals surface area contributed by atoms with E-state index < -0.39 is 0 Å². The molecule has 19 heavy (non-hydrogen) atoms. The molecule has 0 aromatic heterocycles. The van der Waals surface area contributed by atoms with Crippen molar-refractivity contribution in [3.05, 3.63) is 0 Å². The molecule has 0 fully saturated rings. The largest absolute Gasteiger partial charge is 0.396 e. The van der Waals surface area contributed by atoms with Crippen molar-refractivity contribution in [3.8, 4) is 0 Å². The molecule has 0 aliphatic rings. The minimum atomic E-state index is -0.200. The topological polar surface area (TPSA) is 75.3 Å². The molecule has 0 atom stereocenters. The minimum absolute atomic E-state index is 0.0680. The van der Waals surface area contributed by atoms with Gasteiger partial charge in [0.1, 0.15) is 0 Å². The highest BCUT2D eigenvalue weighted by atomic mass is 16.3. The molecule has 0 bridgehead atoms. The first-order valence-corrected chi connectivity index (χ1v) is 7.47. The van der Waals surface area contributed by atoms with E-state index in [0.717, 1.165) is 19.4 Å². The Kier molecular flexibility index (Phi) is 31.9. The van der Waals surface area contributed by atoms with E-state index in [-0.39, 0.29) is 18.1 Å². The zero-order chi connectivity index (χ0) is 16.3. The molecule has 0 rings (SSSR count). The summed E-state index contributed by atoms with van der Waals surface area (Å²) in [5.74, 6) is 0.0680. The van der Waals surface area contributed by atoms with Gasteiger partial charge >= 0.3 is 0 Å². The highest BCUT2D eigenvalue weighted by Crippen LogP contribution is 1.99. The monoisotopic (exact) mass is 278 g/mol. The first-order valence-electron chi connectivity index (χ1n) is 7.47. The second-order valence-corrected chi connectivity index (χ2v) is 4.30. The fraction of sp³-hybridized carbons (Fsp3) is 0.933. The van der Waals surface area contributed by atoms with E-state index in [9.17, 15) is 4.79 Å². The summed E-state index contributed by atoms with van der Waals surface area (Å²) in [6.45, 7) is 16.4. The maximum absolute atomic E-state index is 10.2. The molecule has 0 spiro atoms. The molecule has 120 valence electrons. The van der Waals surface area contributed by atoms with Crippen LogP contribution in [0.5, 0.6) is 0 Å². The van der Waals surface area contributed by atoms with Crippen LogP contribution in [0, 0.1) is 0 Å². The lowest BCUT2D eigenvalue weighted by molar-refractivity contribution is -0.118. The zero-order valence-corrected chi connectivity index (χ0v) is 14.5. The quantitative estimate of drug-likeness (QED) is 0.676. The summed E-state index contributed by atoms with van der Waals surface area (Å²) in [7, 11) is 0. The number of hydrogen-bond donors (Lipinski definition) is 3. The van der Waals surface area contributed by atoms with Gasteiger partial charge in [-0.2, -0.15) is 0 Å². The summed E-state index contributed by atoms with van der Waals surface area (Å²) in [5, 5.41) is 11.0. The molecular formula is C15H38N2O2. The van der Waals surface area contributed by atoms with Gasteiger partial charge in [-0.3, -0.25) is 4.79 Å². The molecule has 4 N–H and O–H groups in total. The second kappa shape index (κ2) is 22.6. The van der Waals surface area contributed by atoms with Gasteiger partial charge in [-0.1, -0.05) is 41.0 Å². The molecule has 0 saturated carbocycles. The van der Waals surface area contributed by atoms with Gasteiger partial charge in [0.2, 0.25) is 5.91 Å². The van der Waals surface area contributed by atoms with Crippen LogP contribution in [0.2, 0.25) is 0 Å². The van der Waals surface area contributed by atoms with Crippen LogP contribution in [0.4, 0.5) is 0 Å². The summed E-state index contributed by atoms with van der Waals surface area (Å²) in [4.78, 5) is 10.2. The molecule has 0 heterocycles. The number of unbranched alkanes of at least 4 members (excludes halogenated alkanes) is 1. The highest BCUT2D eigenvalue weighted by Gasteiger charge is 2.07. The van der Waals surface area contributed by atoms with Gasteiger partial charge in [-0.15, -0.1) is 0 Å². The van der Waals surface area contributed by atoms with Crippen LogP contribution >= 0.6 is 0 Å². The minimum Gasteiger partial charge on any atom is -0.396 e. The molecular weight excluding hydrogens is 240 g/mol. The van der Waals surface area contributed by atoms with Crippen LogP contribution in [-0.2, 0) is 4.79 Å². The van der Waals surface area contributed by atoms with Crippen LogP contribution < -0.4 is 11.1 Å². The number of carbonyl (C=O) groups excluding carboxylic acids is 1. The predicted molar refractivity (Wildman–Crippen MR) is 86.3 cm³/mol. The third-order valence-electron chi connectivity index (χ3n) is 1.66. The number of carbonyl (C=O) groups is 1. The van der Waals surface area contributed by atoms with Crippen molar-refractivity contribution in [1.82, 2.24) is 5.32 Å². The number of aliphatic hydroxyl groups excluding tert-OH is 1. The van der Waals surface area contributed by atoms with Gasteiger partial charge in [0.15, 0.2) is 0 Å². The summed E-state index contributed by atoms with van der Waals surface area (Å²) >= 11 is 0. The Labute approximate surface area is 121 Å². The van der Waals surface area contributed by atoms with Crippen molar-refractivity contribution >= 4 is 5.91 Å². The summed E-state index contributed by atoms with van der Waals surface area (Å²) in [6, 6.07) is 0. The van der Waals surface area contributed by atoms with E-state index in [1.807, 2.05) is 41.5 Å². The summed E-state index contributed by atoms with van der Waals surface area (Å²) in [5.41, 5.74) is 5.29. The molecule has 0 aromatic rings. The number of nitrogens with one attached hydrogen (secondary N) is 1. The molecule has 0 radical (unpaired) electrons. The van der Waals surface area contributed by atoms with E-state index in [4.69, 9.17) is 10.8 Å². The maximum Gasteiger partial charge on any atom is 0.216 e. The molecule has 0 aliphatic carbocycles. The smallest absolute Gasteiger partial charge is 0.216 e. The molecule has 4 nitrogen and oxygen atoms in total. The van der Waals surface area contributed by atoms with Crippen molar-refractivity contribution in [1.29, 1.82) is 0 Å². The Morgan fingerprint density at radius 2 is 1.63 bits per heavy atom. The lowest BCUT2D eigenvalue weighted by Crippen LogP contribution is -2.32. The Balaban J connectivity index is -0.0000000941. The van der Waals surface area contributed by atoms with Crippen LogP contribution in [0.15, 0.2) is 0 Å². The van der Waals surface area contributed by atoms with E-state index in [2.05, 4.69) is 12.2 Å². The SMILES string of the molecule is CC.CC.CC(C)(N)CCO.CCCCNC(C)=O. The van der Waals surface area contributed by atoms with Crippen LogP contribution in [-0.4, -0.2) is 29.7 Å². The molecule has 1 amide bonds. The average molecular weight is 278 g/mol. The van der Waals surface area contributed by atoms with Gasteiger partial charge in [0.05, 0.1) is 0 Å². The zero-order valence-electron chi connectivity index (χ0n) is 14.5. The van der Waals surface area contributed by atoms with Crippen molar-refractivity contribution < 1.29 is 9.90 Å². The lowest BCUT2D eigenvalue weighted by Gasteiger charge is -2.15. The second-order valence-electron chi connectivity index (χ2n) is 4.30. The third-order valence-corrected chi connectivity index (χ3v) is 1.66. The standard InChI is InChI=1S/C6H13NO.C5H13NO.2C2H6/c1-3-4-5-7-6(2)8;1-5(2,6)3-4-7;2*1-2/h3-5H2,1-2H3,(H,7,8);7H,3-4,6H2,1-2H3;2*1-2H3. The maximum atomic E-state index is 10.2. The van der Waals surface area contributed by atoms with Crippen LogP contribution in [0.1, 0.15) is 74.7 Å². The Morgan fingerprint density at radius 3 is 1.79 bits per heavy atom. The van der Waals surface area contributed by atoms with Crippen molar-refractivity contribution in [2.45, 2.75) is 80.2 Å². The van der Waals surface area contributed by atoms with Gasteiger partial charge < -0.3 is 16.2 Å². The molecule has 0 aliphatic heterocycles. The fourth-order valence-electron chi connectivity index (χ4n) is 0.729. The number of nitrogens with two attached hydrogens (primary N) is 1. The number of rotatable bonds is 5. The molecule has 0 aromatic carbocycles. The van der Waals surface area contributed by atoms with E-state index in [1.165, 1.54) is 6.92 Å². The summed E-state index contributed by atoms with van der Waals surface area (Å²) < 4.78 is 0. The Hall–Kier alpha value is -0.610. The number of aliphatic hydroxyl groups is 1. The van der Waals surface area contributed by atoms with E-state index in [1.54, 1.807) is 0 Å². The van der Waals surface area contributed by atoms with E-state index in [0.29, 0.717) is 6.42 Å². The Morgan fingerprint density at radius 1 is 1.21 bits per heavy atom. The van der Waals surface area contributed by atoms with Gasteiger partial charge in [-0.25, -0.2) is 0 Å². The highest BCUT2D eigenvalue weighted by molar-refractivity contribution is 5.72. The molecule has 4 heteroatoms. The normalized spacial score (nSPS) is 8.74. The summed E-state index contributed by atoms with van der Waals surface area (Å²) in [6.07, 6.45) is 2.90. The van der Waals surface area contributed by atoms with Crippen molar-refractivity contribution in [2.24, 2.45) is 5.73 Å². The van der Waals surface area contributed by atoms with Gasteiger partial charge in [0.25, 0.3) is 0 Å². The van der Waals surface area contributed by atoms with E-state index >= 15 is 0 Å². The molecule has 0 unspecified atom stereocenters. The molecule has 0 saturated heterocycles. The first kappa shape index (κ1) is 26.9. The van der Waals surface area contributed by atoms with Crippen LogP contribution in [0.3, 0.4) is 0 Å². The predicted octanol–water partition coefficient (Wildman–Crippen LogP) is 3.08. The Bertz CT molecular complexity index is 155. The number of amides is 1. The van der Waals surface area contributed by atoms with Crippen molar-refractivity contribution in [3.63, 3.8) is 0 Å². The number of hydrogen-bond acceptors (Lipinski definition) is 3. The van der Waals surface area contributed by atoms with Gasteiger partial charge in [-0.05, 0) is 26.7 Å². The average Bonchev–Trinajstić information content (AvgIpc) is 2.33. The van der Waals surface area contributed by atoms with Crippen LogP contribution in [0.25, 0.3) is 0 Å². The fourth-order valence-corrected chi connectivity index (χ4v) is 0.729. The van der Waals surface area contributed by atoms with Crippen molar-refractivity contribution in [2.75, 3.05) is 13.2 Å². The van der Waals surface area contributed by atoms with Gasteiger partial charge in [0, 0.05) is 25.6 Å².